The van der Waals surface area contributed by atoms with Crippen molar-refractivity contribution < 1.29 is 14.7 Å². The molecule has 1 aliphatic heterocycles. The quantitative estimate of drug-likeness (QED) is 0.733. The number of likely N-dealkylation sites (tertiary alicyclic amines) is 1. The predicted octanol–water partition coefficient (Wildman–Crippen LogP) is 1.41. The van der Waals surface area contributed by atoms with Gasteiger partial charge < -0.3 is 20.6 Å². The summed E-state index contributed by atoms with van der Waals surface area (Å²) in [4.78, 5) is 25.4. The van der Waals surface area contributed by atoms with Crippen LogP contribution in [0.15, 0.2) is 0 Å². The molecule has 2 aliphatic rings. The summed E-state index contributed by atoms with van der Waals surface area (Å²) in [5, 5.41) is 15.1. The molecular weight excluding hydrogens is 270 g/mol. The molecule has 1 aliphatic carbocycles. The van der Waals surface area contributed by atoms with E-state index in [0.29, 0.717) is 6.42 Å². The van der Waals surface area contributed by atoms with Crippen molar-refractivity contribution in [1.82, 2.24) is 15.5 Å². The van der Waals surface area contributed by atoms with E-state index in [1.807, 2.05) is 0 Å². The van der Waals surface area contributed by atoms with E-state index in [1.54, 1.807) is 0 Å². The molecule has 1 saturated carbocycles. The van der Waals surface area contributed by atoms with E-state index in [2.05, 4.69) is 22.5 Å². The summed E-state index contributed by atoms with van der Waals surface area (Å²) >= 11 is 0. The van der Waals surface area contributed by atoms with E-state index < -0.39 is 5.97 Å². The van der Waals surface area contributed by atoms with Crippen LogP contribution in [0.5, 0.6) is 0 Å². The summed E-state index contributed by atoms with van der Waals surface area (Å²) in [5.74, 6) is -1.05. The first-order valence-electron chi connectivity index (χ1n) is 8.10. The molecule has 1 heterocycles. The number of aliphatic carboxylic acids is 1. The molecule has 0 aromatic rings. The zero-order chi connectivity index (χ0) is 15.2. The second-order valence-electron chi connectivity index (χ2n) is 6.25. The van der Waals surface area contributed by atoms with Crippen molar-refractivity contribution in [2.75, 3.05) is 19.6 Å². The van der Waals surface area contributed by atoms with Gasteiger partial charge in [0.2, 0.25) is 0 Å². The molecule has 6 heteroatoms. The van der Waals surface area contributed by atoms with Crippen LogP contribution in [0.3, 0.4) is 0 Å². The number of carboxylic acids is 1. The van der Waals surface area contributed by atoms with Crippen LogP contribution in [0.2, 0.25) is 0 Å². The monoisotopic (exact) mass is 297 g/mol. The first-order valence-corrected chi connectivity index (χ1v) is 8.10. The number of nitrogens with one attached hydrogen (secondary N) is 2. The van der Waals surface area contributed by atoms with Gasteiger partial charge in [0, 0.05) is 18.6 Å². The van der Waals surface area contributed by atoms with Crippen LogP contribution in [-0.2, 0) is 4.79 Å². The molecule has 2 fully saturated rings. The van der Waals surface area contributed by atoms with E-state index in [1.165, 1.54) is 0 Å². The summed E-state index contributed by atoms with van der Waals surface area (Å²) in [6, 6.07) is 0.0530. The summed E-state index contributed by atoms with van der Waals surface area (Å²) in [6.45, 7) is 5.17. The Kier molecular flexibility index (Phi) is 5.85. The Morgan fingerprint density at radius 2 is 1.86 bits per heavy atom. The van der Waals surface area contributed by atoms with Crippen LogP contribution in [0.25, 0.3) is 0 Å². The number of carboxylic acid groups (broad SMARTS) is 1. The van der Waals surface area contributed by atoms with Gasteiger partial charge in [0.05, 0.1) is 5.92 Å². The minimum Gasteiger partial charge on any atom is -0.481 e. The Balaban J connectivity index is 1.75. The van der Waals surface area contributed by atoms with Gasteiger partial charge in [-0.3, -0.25) is 4.79 Å². The van der Waals surface area contributed by atoms with Crippen LogP contribution in [0, 0.1) is 5.92 Å². The van der Waals surface area contributed by atoms with Gasteiger partial charge in [-0.1, -0.05) is 13.3 Å². The van der Waals surface area contributed by atoms with Crippen LogP contribution >= 0.6 is 0 Å². The lowest BCUT2D eigenvalue weighted by Gasteiger charge is -2.33. The number of carbonyl (C=O) groups excluding carboxylic acids is 1. The largest absolute Gasteiger partial charge is 0.481 e. The maximum absolute atomic E-state index is 12.1. The van der Waals surface area contributed by atoms with Crippen LogP contribution in [0.4, 0.5) is 4.79 Å². The fraction of sp³-hybridized carbons (Fsp3) is 0.867. The molecule has 2 rings (SSSR count). The van der Waals surface area contributed by atoms with Crippen molar-refractivity contribution in [3.8, 4) is 0 Å². The highest BCUT2D eigenvalue weighted by Crippen LogP contribution is 2.24. The SMILES string of the molecule is CCN1CCCC(NC(=O)NC2CCCC(C(=O)O)C2)C1. The molecule has 3 N–H and O–H groups in total. The molecule has 2 amide bonds. The van der Waals surface area contributed by atoms with Crippen molar-refractivity contribution in [1.29, 1.82) is 0 Å². The Morgan fingerprint density at radius 3 is 2.57 bits per heavy atom. The van der Waals surface area contributed by atoms with Gasteiger partial charge in [0.15, 0.2) is 0 Å². The number of carbonyl (C=O) groups is 2. The summed E-state index contributed by atoms with van der Waals surface area (Å²) in [6.07, 6.45) is 5.16. The van der Waals surface area contributed by atoms with Crippen molar-refractivity contribution >= 4 is 12.0 Å². The fourth-order valence-corrected chi connectivity index (χ4v) is 3.42. The fourth-order valence-electron chi connectivity index (χ4n) is 3.42. The average Bonchev–Trinajstić information content (AvgIpc) is 2.47. The van der Waals surface area contributed by atoms with E-state index in [9.17, 15) is 9.59 Å². The minimum absolute atomic E-state index is 0.00859. The minimum atomic E-state index is -0.743. The third kappa shape index (κ3) is 4.88. The van der Waals surface area contributed by atoms with Crippen molar-refractivity contribution in [3.63, 3.8) is 0 Å². The number of urea groups is 1. The lowest BCUT2D eigenvalue weighted by atomic mass is 9.86. The number of nitrogens with zero attached hydrogens (tertiary/aromatic N) is 1. The van der Waals surface area contributed by atoms with Gasteiger partial charge in [-0.05, 0) is 45.2 Å². The van der Waals surface area contributed by atoms with Crippen molar-refractivity contribution in [2.45, 2.75) is 57.5 Å². The number of likely N-dealkylation sites (N-methyl/N-ethyl adjacent to an activating group) is 1. The molecule has 0 aromatic heterocycles. The van der Waals surface area contributed by atoms with Crippen molar-refractivity contribution in [2.24, 2.45) is 5.92 Å². The Bertz CT molecular complexity index is 375. The van der Waals surface area contributed by atoms with Crippen molar-refractivity contribution in [3.05, 3.63) is 0 Å². The molecule has 3 unspecified atom stereocenters. The topological polar surface area (TPSA) is 81.7 Å². The number of hydrogen-bond acceptors (Lipinski definition) is 3. The average molecular weight is 297 g/mol. The van der Waals surface area contributed by atoms with Gasteiger partial charge in [-0.15, -0.1) is 0 Å². The highest BCUT2D eigenvalue weighted by atomic mass is 16.4. The molecule has 3 atom stereocenters. The molecule has 120 valence electrons. The smallest absolute Gasteiger partial charge is 0.315 e. The highest BCUT2D eigenvalue weighted by Gasteiger charge is 2.28. The third-order valence-corrected chi connectivity index (χ3v) is 4.65. The normalized spacial score (nSPS) is 30.6. The summed E-state index contributed by atoms with van der Waals surface area (Å²) in [5.41, 5.74) is 0. The summed E-state index contributed by atoms with van der Waals surface area (Å²) in [7, 11) is 0. The molecule has 21 heavy (non-hydrogen) atoms. The zero-order valence-corrected chi connectivity index (χ0v) is 12.8. The Hall–Kier alpha value is -1.30. The van der Waals surface area contributed by atoms with Gasteiger partial charge in [0.25, 0.3) is 0 Å². The van der Waals surface area contributed by atoms with E-state index >= 15 is 0 Å². The maximum Gasteiger partial charge on any atom is 0.315 e. The molecule has 0 bridgehead atoms. The molecule has 0 aromatic carbocycles. The Morgan fingerprint density at radius 1 is 1.14 bits per heavy atom. The van der Waals surface area contributed by atoms with Crippen LogP contribution in [0.1, 0.15) is 45.4 Å². The molecule has 6 nitrogen and oxygen atoms in total. The van der Waals surface area contributed by atoms with Gasteiger partial charge in [-0.25, -0.2) is 4.79 Å². The first kappa shape index (κ1) is 16.1. The zero-order valence-electron chi connectivity index (χ0n) is 12.8. The molecule has 1 saturated heterocycles. The van der Waals surface area contributed by atoms with Gasteiger partial charge in [-0.2, -0.15) is 0 Å². The van der Waals surface area contributed by atoms with Crippen LogP contribution in [-0.4, -0.2) is 53.7 Å². The molecular formula is C15H27N3O3. The van der Waals surface area contributed by atoms with Gasteiger partial charge >= 0.3 is 12.0 Å². The standard InChI is InChI=1S/C15H27N3O3/c1-2-18-8-4-7-13(10-18)17-15(21)16-12-6-3-5-11(9-12)14(19)20/h11-13H,2-10H2,1H3,(H,19,20)(H2,16,17,21). The number of hydrogen-bond donors (Lipinski definition) is 3. The highest BCUT2D eigenvalue weighted by molar-refractivity contribution is 5.75. The molecule has 0 radical (unpaired) electrons. The summed E-state index contributed by atoms with van der Waals surface area (Å²) < 4.78 is 0. The lowest BCUT2D eigenvalue weighted by molar-refractivity contribution is -0.143. The van der Waals surface area contributed by atoms with Gasteiger partial charge in [0.1, 0.15) is 0 Å². The number of rotatable bonds is 4. The number of amides is 2. The maximum atomic E-state index is 12.1. The first-order chi connectivity index (χ1) is 10.1. The van der Waals surface area contributed by atoms with E-state index in [-0.39, 0.29) is 24.0 Å². The Labute approximate surface area is 126 Å². The third-order valence-electron chi connectivity index (χ3n) is 4.65. The second kappa shape index (κ2) is 7.64. The second-order valence-corrected chi connectivity index (χ2v) is 6.25. The lowest BCUT2D eigenvalue weighted by Crippen LogP contribution is -2.52. The predicted molar refractivity (Wildman–Crippen MR) is 80.2 cm³/mol. The molecule has 0 spiro atoms. The van der Waals surface area contributed by atoms with E-state index in [0.717, 1.165) is 51.7 Å². The van der Waals surface area contributed by atoms with Crippen LogP contribution < -0.4 is 10.6 Å². The van der Waals surface area contributed by atoms with E-state index in [4.69, 9.17) is 5.11 Å². The number of piperidine rings is 1.